The van der Waals surface area contributed by atoms with Crippen LogP contribution < -0.4 is 5.48 Å². The predicted octanol–water partition coefficient (Wildman–Crippen LogP) is 4.42. The molecule has 0 saturated carbocycles. The molecule has 2 rings (SSSR count). The lowest BCUT2D eigenvalue weighted by atomic mass is 9.93. The second-order valence-corrected chi connectivity index (χ2v) is 8.70. The average molecular weight is 367 g/mol. The Balaban J connectivity index is 1.95. The standard InChI is InChI=1S/C17H22N2O3S2/c1-17(2,3)10-15(20)22-18-16(21)19(11-13-6-4-8-23-13)12-14-7-5-9-24-14/h4-9H,10-12H2,1-3H3,(H,18,21). The number of urea groups is 1. The molecule has 0 saturated heterocycles. The van der Waals surface area contributed by atoms with E-state index in [0.29, 0.717) is 13.1 Å². The zero-order valence-corrected chi connectivity index (χ0v) is 15.7. The molecule has 0 atom stereocenters. The Morgan fingerprint density at radius 3 is 2.04 bits per heavy atom. The second-order valence-electron chi connectivity index (χ2n) is 6.63. The summed E-state index contributed by atoms with van der Waals surface area (Å²) in [6, 6.07) is 7.43. The van der Waals surface area contributed by atoms with Gasteiger partial charge in [0, 0.05) is 9.75 Å². The van der Waals surface area contributed by atoms with Gasteiger partial charge in [-0.1, -0.05) is 32.9 Å². The van der Waals surface area contributed by atoms with Gasteiger partial charge in [-0.25, -0.2) is 9.59 Å². The number of nitrogens with one attached hydrogen (secondary N) is 1. The molecule has 0 aliphatic heterocycles. The highest BCUT2D eigenvalue weighted by atomic mass is 32.1. The van der Waals surface area contributed by atoms with E-state index in [1.807, 2.05) is 55.8 Å². The van der Waals surface area contributed by atoms with Gasteiger partial charge in [-0.3, -0.25) is 0 Å². The number of carbonyl (C=O) groups is 2. The lowest BCUT2D eigenvalue weighted by Gasteiger charge is -2.22. The van der Waals surface area contributed by atoms with Gasteiger partial charge in [0.1, 0.15) is 0 Å². The quantitative estimate of drug-likeness (QED) is 0.797. The van der Waals surface area contributed by atoms with E-state index in [1.165, 1.54) is 0 Å². The van der Waals surface area contributed by atoms with Crippen LogP contribution in [0.15, 0.2) is 35.0 Å². The summed E-state index contributed by atoms with van der Waals surface area (Å²) >= 11 is 3.18. The first-order chi connectivity index (χ1) is 11.3. The van der Waals surface area contributed by atoms with Crippen LogP contribution in [0.2, 0.25) is 0 Å². The molecule has 2 aromatic heterocycles. The van der Waals surface area contributed by atoms with Crippen molar-refractivity contribution in [2.75, 3.05) is 0 Å². The van der Waals surface area contributed by atoms with Crippen LogP contribution in [0.1, 0.15) is 36.9 Å². The third-order valence-electron chi connectivity index (χ3n) is 3.07. The molecule has 24 heavy (non-hydrogen) atoms. The number of nitrogens with zero attached hydrogens (tertiary/aromatic N) is 1. The molecule has 130 valence electrons. The number of carbonyl (C=O) groups excluding carboxylic acids is 2. The Labute approximate surface area is 150 Å². The molecule has 0 fully saturated rings. The average Bonchev–Trinajstić information content (AvgIpc) is 3.15. The van der Waals surface area contributed by atoms with Gasteiger partial charge in [0.05, 0.1) is 19.5 Å². The van der Waals surface area contributed by atoms with Crippen LogP contribution in [0.3, 0.4) is 0 Å². The zero-order valence-electron chi connectivity index (χ0n) is 14.1. The summed E-state index contributed by atoms with van der Waals surface area (Å²) in [5.41, 5.74) is 2.09. The van der Waals surface area contributed by atoms with E-state index in [9.17, 15) is 9.59 Å². The number of hydrogen-bond donors (Lipinski definition) is 1. The Morgan fingerprint density at radius 1 is 1.08 bits per heavy atom. The van der Waals surface area contributed by atoms with Crippen molar-refractivity contribution in [3.05, 3.63) is 44.8 Å². The van der Waals surface area contributed by atoms with Crippen LogP contribution in [0.4, 0.5) is 4.79 Å². The van der Waals surface area contributed by atoms with Gasteiger partial charge in [0.2, 0.25) is 0 Å². The van der Waals surface area contributed by atoms with E-state index in [4.69, 9.17) is 4.84 Å². The molecule has 1 N–H and O–H groups in total. The van der Waals surface area contributed by atoms with Crippen molar-refractivity contribution in [2.24, 2.45) is 5.41 Å². The first kappa shape index (κ1) is 18.5. The van der Waals surface area contributed by atoms with Crippen LogP contribution in [0, 0.1) is 5.41 Å². The van der Waals surface area contributed by atoms with Gasteiger partial charge in [-0.2, -0.15) is 5.48 Å². The molecular weight excluding hydrogens is 344 g/mol. The molecule has 7 heteroatoms. The van der Waals surface area contributed by atoms with Gasteiger partial charge in [-0.05, 0) is 28.3 Å². The fourth-order valence-electron chi connectivity index (χ4n) is 2.02. The van der Waals surface area contributed by atoms with Gasteiger partial charge in [-0.15, -0.1) is 22.7 Å². The molecule has 5 nitrogen and oxygen atoms in total. The Kier molecular flexibility index (Phi) is 6.39. The number of hydrogen-bond acceptors (Lipinski definition) is 5. The molecule has 2 heterocycles. The van der Waals surface area contributed by atoms with E-state index in [1.54, 1.807) is 27.6 Å². The number of thiophene rings is 2. The van der Waals surface area contributed by atoms with E-state index in [-0.39, 0.29) is 11.8 Å². The molecule has 0 unspecified atom stereocenters. The monoisotopic (exact) mass is 366 g/mol. The molecule has 0 bridgehead atoms. The first-order valence-corrected chi connectivity index (χ1v) is 9.39. The van der Waals surface area contributed by atoms with Crippen LogP contribution in [-0.2, 0) is 22.7 Å². The van der Waals surface area contributed by atoms with E-state index in [0.717, 1.165) is 9.75 Å². The van der Waals surface area contributed by atoms with Gasteiger partial charge in [0.15, 0.2) is 0 Å². The topological polar surface area (TPSA) is 58.6 Å². The highest BCUT2D eigenvalue weighted by Crippen LogP contribution is 2.19. The van der Waals surface area contributed by atoms with Crippen LogP contribution in [0.5, 0.6) is 0 Å². The van der Waals surface area contributed by atoms with Crippen molar-refractivity contribution in [3.63, 3.8) is 0 Å². The third kappa shape index (κ3) is 6.33. The normalized spacial score (nSPS) is 11.1. The molecule has 0 aliphatic rings. The summed E-state index contributed by atoms with van der Waals surface area (Å²) in [5.74, 6) is -0.442. The van der Waals surface area contributed by atoms with Gasteiger partial charge < -0.3 is 9.74 Å². The summed E-state index contributed by atoms with van der Waals surface area (Å²) in [4.78, 5) is 32.9. The summed E-state index contributed by atoms with van der Waals surface area (Å²) in [7, 11) is 0. The van der Waals surface area contributed by atoms with Crippen molar-refractivity contribution in [2.45, 2.75) is 40.3 Å². The lowest BCUT2D eigenvalue weighted by Crippen LogP contribution is -2.40. The number of rotatable bonds is 5. The number of hydroxylamine groups is 1. The van der Waals surface area contributed by atoms with Crippen molar-refractivity contribution >= 4 is 34.7 Å². The smallest absolute Gasteiger partial charge is 0.339 e. The Hall–Kier alpha value is -1.86. The maximum atomic E-state index is 12.4. The number of amides is 2. The lowest BCUT2D eigenvalue weighted by molar-refractivity contribution is -0.151. The molecule has 2 amide bonds. The van der Waals surface area contributed by atoms with Crippen LogP contribution in [-0.4, -0.2) is 16.9 Å². The molecule has 0 aromatic carbocycles. The minimum absolute atomic E-state index is 0.185. The Morgan fingerprint density at radius 2 is 1.62 bits per heavy atom. The molecular formula is C17H22N2O3S2. The highest BCUT2D eigenvalue weighted by molar-refractivity contribution is 7.10. The maximum Gasteiger partial charge on any atom is 0.351 e. The van der Waals surface area contributed by atoms with Crippen molar-refractivity contribution < 1.29 is 14.4 Å². The fourth-order valence-corrected chi connectivity index (χ4v) is 3.45. The van der Waals surface area contributed by atoms with E-state index < -0.39 is 12.0 Å². The fraction of sp³-hybridized carbons (Fsp3) is 0.412. The van der Waals surface area contributed by atoms with Crippen molar-refractivity contribution in [1.82, 2.24) is 10.4 Å². The first-order valence-electron chi connectivity index (χ1n) is 7.63. The van der Waals surface area contributed by atoms with Crippen LogP contribution >= 0.6 is 22.7 Å². The largest absolute Gasteiger partial charge is 0.351 e. The van der Waals surface area contributed by atoms with Crippen molar-refractivity contribution in [1.29, 1.82) is 0 Å². The maximum absolute atomic E-state index is 12.4. The van der Waals surface area contributed by atoms with E-state index >= 15 is 0 Å². The van der Waals surface area contributed by atoms with Crippen LogP contribution in [0.25, 0.3) is 0 Å². The van der Waals surface area contributed by atoms with Gasteiger partial charge in [0.25, 0.3) is 0 Å². The summed E-state index contributed by atoms with van der Waals surface area (Å²) in [6.45, 7) is 6.76. The molecule has 2 aromatic rings. The molecule has 0 radical (unpaired) electrons. The van der Waals surface area contributed by atoms with E-state index in [2.05, 4.69) is 5.48 Å². The third-order valence-corrected chi connectivity index (χ3v) is 4.79. The second kappa shape index (κ2) is 8.30. The minimum Gasteiger partial charge on any atom is -0.339 e. The van der Waals surface area contributed by atoms with Crippen molar-refractivity contribution in [3.8, 4) is 0 Å². The predicted molar refractivity (Wildman–Crippen MR) is 96.6 cm³/mol. The zero-order chi connectivity index (χ0) is 17.6. The Bertz CT molecular complexity index is 610. The SMILES string of the molecule is CC(C)(C)CC(=O)ONC(=O)N(Cc1cccs1)Cc1cccs1. The summed E-state index contributed by atoms with van der Waals surface area (Å²) < 4.78 is 0. The minimum atomic E-state index is -0.442. The highest BCUT2D eigenvalue weighted by Gasteiger charge is 2.20. The molecule has 0 spiro atoms. The summed E-state index contributed by atoms with van der Waals surface area (Å²) in [5, 5.41) is 3.94. The van der Waals surface area contributed by atoms with Gasteiger partial charge >= 0.3 is 12.0 Å². The molecule has 0 aliphatic carbocycles. The summed E-state index contributed by atoms with van der Waals surface area (Å²) in [6.07, 6.45) is 0.239.